The Balaban J connectivity index is 2.26. The van der Waals surface area contributed by atoms with E-state index < -0.39 is 12.0 Å². The zero-order valence-corrected chi connectivity index (χ0v) is 9.22. The van der Waals surface area contributed by atoms with Gasteiger partial charge >= 0.3 is 5.97 Å². The summed E-state index contributed by atoms with van der Waals surface area (Å²) in [5.41, 5.74) is 2.09. The Labute approximate surface area is 94.4 Å². The summed E-state index contributed by atoms with van der Waals surface area (Å²) in [6.07, 6.45) is 0. The molecule has 1 N–H and O–H groups in total. The van der Waals surface area contributed by atoms with Crippen LogP contribution in [-0.4, -0.2) is 36.9 Å². The van der Waals surface area contributed by atoms with Crippen LogP contribution < -0.4 is 4.90 Å². The van der Waals surface area contributed by atoms with Gasteiger partial charge < -0.3 is 14.7 Å². The number of hydrogen-bond acceptors (Lipinski definition) is 3. The minimum atomic E-state index is -0.832. The Kier molecular flexibility index (Phi) is 3.10. The van der Waals surface area contributed by atoms with Crippen LogP contribution in [-0.2, 0) is 9.53 Å². The number of nitrogens with zero attached hydrogens (tertiary/aromatic N) is 1. The second-order valence-electron chi connectivity index (χ2n) is 3.96. The molecule has 0 radical (unpaired) electrons. The molecule has 0 bridgehead atoms. The molecule has 0 spiro atoms. The van der Waals surface area contributed by atoms with E-state index in [0.717, 1.165) is 11.3 Å². The lowest BCUT2D eigenvalue weighted by atomic mass is 10.1. The number of carbonyl (C=O) groups is 1. The Morgan fingerprint density at radius 1 is 1.56 bits per heavy atom. The third-order valence-electron chi connectivity index (χ3n) is 2.75. The van der Waals surface area contributed by atoms with Gasteiger partial charge in [0, 0.05) is 12.2 Å². The Morgan fingerprint density at radius 2 is 2.38 bits per heavy atom. The minimum Gasteiger partial charge on any atom is -0.480 e. The van der Waals surface area contributed by atoms with Crippen LogP contribution in [0.15, 0.2) is 24.3 Å². The van der Waals surface area contributed by atoms with E-state index in [9.17, 15) is 4.79 Å². The van der Waals surface area contributed by atoms with Crippen LogP contribution in [0.25, 0.3) is 0 Å². The molecule has 1 saturated heterocycles. The number of carboxylic acid groups (broad SMARTS) is 1. The number of ether oxygens (including phenoxy) is 1. The number of hydrogen-bond donors (Lipinski definition) is 1. The van der Waals surface area contributed by atoms with Crippen molar-refractivity contribution in [1.82, 2.24) is 0 Å². The van der Waals surface area contributed by atoms with E-state index in [4.69, 9.17) is 9.84 Å². The van der Waals surface area contributed by atoms with Crippen molar-refractivity contribution in [2.24, 2.45) is 0 Å². The van der Waals surface area contributed by atoms with Crippen LogP contribution in [0.4, 0.5) is 5.69 Å². The molecule has 0 amide bonds. The predicted molar refractivity (Wildman–Crippen MR) is 60.8 cm³/mol. The van der Waals surface area contributed by atoms with Crippen molar-refractivity contribution in [3.05, 3.63) is 29.8 Å². The van der Waals surface area contributed by atoms with Crippen LogP contribution in [0.1, 0.15) is 5.56 Å². The Bertz CT molecular complexity index is 392. The van der Waals surface area contributed by atoms with Crippen LogP contribution in [0.5, 0.6) is 0 Å². The van der Waals surface area contributed by atoms with Gasteiger partial charge in [-0.1, -0.05) is 12.1 Å². The van der Waals surface area contributed by atoms with Gasteiger partial charge in [-0.15, -0.1) is 0 Å². The quantitative estimate of drug-likeness (QED) is 0.817. The first-order chi connectivity index (χ1) is 7.68. The summed E-state index contributed by atoms with van der Waals surface area (Å²) in [5.74, 6) is -0.832. The van der Waals surface area contributed by atoms with Crippen LogP contribution in [0.3, 0.4) is 0 Å². The maximum absolute atomic E-state index is 11.1. The average molecular weight is 221 g/mol. The fourth-order valence-corrected chi connectivity index (χ4v) is 1.92. The van der Waals surface area contributed by atoms with Gasteiger partial charge in [0.15, 0.2) is 6.04 Å². The number of anilines is 1. The molecule has 86 valence electrons. The van der Waals surface area contributed by atoms with E-state index >= 15 is 0 Å². The summed E-state index contributed by atoms with van der Waals surface area (Å²) < 4.78 is 5.20. The topological polar surface area (TPSA) is 49.8 Å². The lowest BCUT2D eigenvalue weighted by Gasteiger charge is -2.34. The molecule has 16 heavy (non-hydrogen) atoms. The van der Waals surface area contributed by atoms with Crippen molar-refractivity contribution >= 4 is 11.7 Å². The monoisotopic (exact) mass is 221 g/mol. The standard InChI is InChI=1S/C12H15NO3/c1-9-3-2-4-10(7-9)13-5-6-16-8-11(13)12(14)15/h2-4,7,11H,5-6,8H2,1H3,(H,14,15). The predicted octanol–water partition coefficient (Wildman–Crippen LogP) is 1.28. The van der Waals surface area contributed by atoms with Crippen molar-refractivity contribution < 1.29 is 14.6 Å². The maximum Gasteiger partial charge on any atom is 0.328 e. The summed E-state index contributed by atoms with van der Waals surface area (Å²) >= 11 is 0. The zero-order valence-electron chi connectivity index (χ0n) is 9.22. The summed E-state index contributed by atoms with van der Waals surface area (Å²) in [4.78, 5) is 13.0. The minimum absolute atomic E-state index is 0.253. The third kappa shape index (κ3) is 2.17. The van der Waals surface area contributed by atoms with Crippen molar-refractivity contribution in [3.63, 3.8) is 0 Å². The number of carboxylic acids is 1. The molecule has 4 nitrogen and oxygen atoms in total. The smallest absolute Gasteiger partial charge is 0.328 e. The summed E-state index contributed by atoms with van der Waals surface area (Å²) in [5, 5.41) is 9.12. The molecule has 0 saturated carbocycles. The van der Waals surface area contributed by atoms with E-state index in [1.54, 1.807) is 0 Å². The molecule has 1 aliphatic heterocycles. The zero-order chi connectivity index (χ0) is 11.5. The van der Waals surface area contributed by atoms with Gasteiger partial charge in [-0.3, -0.25) is 0 Å². The molecule has 2 rings (SSSR count). The fraction of sp³-hybridized carbons (Fsp3) is 0.417. The molecule has 1 heterocycles. The summed E-state index contributed by atoms with van der Waals surface area (Å²) in [6, 6.07) is 7.31. The number of rotatable bonds is 2. The highest BCUT2D eigenvalue weighted by molar-refractivity contribution is 5.78. The lowest BCUT2D eigenvalue weighted by molar-refractivity contribution is -0.141. The molecule has 1 aliphatic rings. The van der Waals surface area contributed by atoms with E-state index in [2.05, 4.69) is 0 Å². The molecule has 1 aromatic carbocycles. The second-order valence-corrected chi connectivity index (χ2v) is 3.96. The van der Waals surface area contributed by atoms with E-state index in [-0.39, 0.29) is 6.61 Å². The Hall–Kier alpha value is -1.55. The number of aryl methyl sites for hydroxylation is 1. The molecule has 0 aliphatic carbocycles. The van der Waals surface area contributed by atoms with Gasteiger partial charge in [0.2, 0.25) is 0 Å². The summed E-state index contributed by atoms with van der Waals surface area (Å²) in [6.45, 7) is 3.46. The molecule has 4 heteroatoms. The second kappa shape index (κ2) is 4.53. The van der Waals surface area contributed by atoms with E-state index in [1.165, 1.54) is 0 Å². The van der Waals surface area contributed by atoms with Crippen molar-refractivity contribution in [2.45, 2.75) is 13.0 Å². The lowest BCUT2D eigenvalue weighted by Crippen LogP contribution is -2.50. The van der Waals surface area contributed by atoms with Crippen molar-refractivity contribution in [3.8, 4) is 0 Å². The number of benzene rings is 1. The highest BCUT2D eigenvalue weighted by Gasteiger charge is 2.29. The first kappa shape index (κ1) is 11.0. The van der Waals surface area contributed by atoms with Crippen LogP contribution in [0, 0.1) is 6.92 Å². The van der Waals surface area contributed by atoms with Crippen LogP contribution in [0.2, 0.25) is 0 Å². The molecular formula is C12H15NO3. The molecule has 1 unspecified atom stereocenters. The normalized spacial score (nSPS) is 20.8. The van der Waals surface area contributed by atoms with Crippen molar-refractivity contribution in [2.75, 3.05) is 24.7 Å². The van der Waals surface area contributed by atoms with Gasteiger partial charge in [0.1, 0.15) is 0 Å². The molecule has 1 aromatic rings. The molecule has 1 fully saturated rings. The van der Waals surface area contributed by atoms with Gasteiger partial charge in [0.05, 0.1) is 13.2 Å². The van der Waals surface area contributed by atoms with Gasteiger partial charge in [-0.2, -0.15) is 0 Å². The average Bonchev–Trinajstić information content (AvgIpc) is 2.29. The largest absolute Gasteiger partial charge is 0.480 e. The Morgan fingerprint density at radius 3 is 3.06 bits per heavy atom. The SMILES string of the molecule is Cc1cccc(N2CCOCC2C(=O)O)c1. The van der Waals surface area contributed by atoms with E-state index in [1.807, 2.05) is 36.1 Å². The van der Waals surface area contributed by atoms with Gasteiger partial charge in [-0.05, 0) is 24.6 Å². The first-order valence-corrected chi connectivity index (χ1v) is 5.32. The van der Waals surface area contributed by atoms with Gasteiger partial charge in [0.25, 0.3) is 0 Å². The first-order valence-electron chi connectivity index (χ1n) is 5.32. The number of aliphatic carboxylic acids is 1. The highest BCUT2D eigenvalue weighted by Crippen LogP contribution is 2.20. The van der Waals surface area contributed by atoms with Crippen molar-refractivity contribution in [1.29, 1.82) is 0 Å². The van der Waals surface area contributed by atoms with Crippen LogP contribution >= 0.6 is 0 Å². The highest BCUT2D eigenvalue weighted by atomic mass is 16.5. The van der Waals surface area contributed by atoms with E-state index in [0.29, 0.717) is 13.2 Å². The fourth-order valence-electron chi connectivity index (χ4n) is 1.92. The van der Waals surface area contributed by atoms with Gasteiger partial charge in [-0.25, -0.2) is 4.79 Å². The number of morpholine rings is 1. The molecule has 0 aromatic heterocycles. The molecule has 1 atom stereocenters. The third-order valence-corrected chi connectivity index (χ3v) is 2.75. The molecular weight excluding hydrogens is 206 g/mol. The maximum atomic E-state index is 11.1. The summed E-state index contributed by atoms with van der Waals surface area (Å²) in [7, 11) is 0.